The molecule has 0 unspecified atom stereocenters. The van der Waals surface area contributed by atoms with Crippen molar-refractivity contribution in [2.24, 2.45) is 0 Å². The Morgan fingerprint density at radius 3 is 2.37 bits per heavy atom. The zero-order valence-corrected chi connectivity index (χ0v) is 23.0. The number of aryl methyl sites for hydroxylation is 1. The number of urea groups is 1. The summed E-state index contributed by atoms with van der Waals surface area (Å²) in [5.41, 5.74) is 5.86. The van der Waals surface area contributed by atoms with Crippen LogP contribution in [0.15, 0.2) is 72.9 Å². The van der Waals surface area contributed by atoms with Crippen LogP contribution in [0.3, 0.4) is 0 Å². The fourth-order valence-electron chi connectivity index (χ4n) is 4.40. The molecule has 198 valence electrons. The number of hydrogen-bond donors (Lipinski definition) is 3. The van der Waals surface area contributed by atoms with Gasteiger partial charge in [0.05, 0.1) is 5.69 Å². The van der Waals surface area contributed by atoms with E-state index in [4.69, 9.17) is 4.74 Å². The molecule has 6 heteroatoms. The van der Waals surface area contributed by atoms with Crippen LogP contribution in [0, 0.1) is 6.92 Å². The molecule has 1 heterocycles. The van der Waals surface area contributed by atoms with Crippen molar-refractivity contribution in [3.63, 3.8) is 0 Å². The first-order valence-electron chi connectivity index (χ1n) is 13.2. The third-order valence-corrected chi connectivity index (χ3v) is 6.68. The standard InChI is InChI=1S/C32H38N4O2/c1-22-12-14-24(32(2,3)4)20-29(22)36-31(37)35-28-16-15-25(26-10-6-7-11-27(26)28)23-13-17-30(34-21-23)33-18-8-9-19-38-5/h6-7,10-17,20-21H,8-9,18-19H2,1-5H3,(H,33,34)(H2,35,36,37). The van der Waals surface area contributed by atoms with Crippen molar-refractivity contribution in [1.82, 2.24) is 4.98 Å². The molecule has 3 aromatic carbocycles. The predicted octanol–water partition coefficient (Wildman–Crippen LogP) is 7.99. The van der Waals surface area contributed by atoms with Crippen LogP contribution in [0.2, 0.25) is 0 Å². The Morgan fingerprint density at radius 1 is 0.895 bits per heavy atom. The lowest BCUT2D eigenvalue weighted by atomic mass is 9.86. The summed E-state index contributed by atoms with van der Waals surface area (Å²) in [5.74, 6) is 0.858. The number of ether oxygens (including phenoxy) is 1. The van der Waals surface area contributed by atoms with Crippen LogP contribution >= 0.6 is 0 Å². The highest BCUT2D eigenvalue weighted by atomic mass is 16.5. The van der Waals surface area contributed by atoms with Gasteiger partial charge in [-0.05, 0) is 71.5 Å². The molecule has 2 amide bonds. The van der Waals surface area contributed by atoms with Crippen LogP contribution < -0.4 is 16.0 Å². The Balaban J connectivity index is 1.51. The minimum atomic E-state index is -0.264. The van der Waals surface area contributed by atoms with Crippen LogP contribution in [-0.4, -0.2) is 31.3 Å². The van der Waals surface area contributed by atoms with Crippen LogP contribution in [-0.2, 0) is 10.2 Å². The zero-order valence-electron chi connectivity index (χ0n) is 23.0. The monoisotopic (exact) mass is 510 g/mol. The minimum Gasteiger partial charge on any atom is -0.385 e. The molecule has 0 fully saturated rings. The highest BCUT2D eigenvalue weighted by Gasteiger charge is 2.16. The maximum Gasteiger partial charge on any atom is 0.323 e. The molecule has 6 nitrogen and oxygen atoms in total. The molecule has 4 rings (SSSR count). The van der Waals surface area contributed by atoms with Crippen molar-refractivity contribution >= 4 is 34.0 Å². The van der Waals surface area contributed by atoms with Crippen molar-refractivity contribution in [2.45, 2.75) is 46.0 Å². The summed E-state index contributed by atoms with van der Waals surface area (Å²) in [6.07, 6.45) is 3.95. The second-order valence-corrected chi connectivity index (χ2v) is 10.6. The summed E-state index contributed by atoms with van der Waals surface area (Å²) in [7, 11) is 1.72. The Hall–Kier alpha value is -3.90. The number of rotatable bonds is 9. The SMILES string of the molecule is COCCCCNc1ccc(-c2ccc(NC(=O)Nc3cc(C(C)(C)C)ccc3C)c3ccccc23)cn1. The number of carbonyl (C=O) groups is 1. The molecule has 0 aliphatic rings. The smallest absolute Gasteiger partial charge is 0.323 e. The van der Waals surface area contributed by atoms with E-state index in [2.05, 4.69) is 72.0 Å². The molecule has 4 aromatic rings. The fraction of sp³-hybridized carbons (Fsp3) is 0.312. The number of benzene rings is 3. The van der Waals surface area contributed by atoms with E-state index in [1.165, 1.54) is 5.56 Å². The lowest BCUT2D eigenvalue weighted by molar-refractivity contribution is 0.194. The van der Waals surface area contributed by atoms with Gasteiger partial charge in [0.2, 0.25) is 0 Å². The van der Waals surface area contributed by atoms with Gasteiger partial charge in [-0.2, -0.15) is 0 Å². The quantitative estimate of drug-likeness (QED) is 0.199. The van der Waals surface area contributed by atoms with E-state index < -0.39 is 0 Å². The zero-order chi connectivity index (χ0) is 27.1. The normalized spacial score (nSPS) is 11.4. The summed E-state index contributed by atoms with van der Waals surface area (Å²) in [4.78, 5) is 17.6. The lowest BCUT2D eigenvalue weighted by Gasteiger charge is -2.21. The molecule has 0 aliphatic carbocycles. The summed E-state index contributed by atoms with van der Waals surface area (Å²) >= 11 is 0. The van der Waals surface area contributed by atoms with Crippen molar-refractivity contribution in [1.29, 1.82) is 0 Å². The molecule has 0 saturated heterocycles. The third kappa shape index (κ3) is 6.69. The molecule has 0 radical (unpaired) electrons. The Bertz CT molecular complexity index is 1390. The second kappa shape index (κ2) is 12.1. The summed E-state index contributed by atoms with van der Waals surface area (Å²) < 4.78 is 5.10. The van der Waals surface area contributed by atoms with Gasteiger partial charge >= 0.3 is 6.03 Å². The molecular formula is C32H38N4O2. The van der Waals surface area contributed by atoms with Gasteiger partial charge in [-0.1, -0.05) is 63.2 Å². The molecule has 3 N–H and O–H groups in total. The van der Waals surface area contributed by atoms with Crippen LogP contribution in [0.5, 0.6) is 0 Å². The second-order valence-electron chi connectivity index (χ2n) is 10.6. The number of pyridine rings is 1. The van der Waals surface area contributed by atoms with Gasteiger partial charge in [0.15, 0.2) is 0 Å². The van der Waals surface area contributed by atoms with E-state index in [-0.39, 0.29) is 11.4 Å². The molecule has 1 aromatic heterocycles. The van der Waals surface area contributed by atoms with Crippen molar-refractivity contribution < 1.29 is 9.53 Å². The van der Waals surface area contributed by atoms with Crippen LogP contribution in [0.4, 0.5) is 22.0 Å². The maximum atomic E-state index is 13.0. The van der Waals surface area contributed by atoms with E-state index in [0.717, 1.165) is 70.6 Å². The van der Waals surface area contributed by atoms with E-state index in [0.29, 0.717) is 0 Å². The molecule has 0 saturated carbocycles. The Morgan fingerprint density at radius 2 is 1.66 bits per heavy atom. The van der Waals surface area contributed by atoms with Gasteiger partial charge in [0.1, 0.15) is 5.82 Å². The number of aromatic nitrogens is 1. The Kier molecular flexibility index (Phi) is 8.64. The summed E-state index contributed by atoms with van der Waals surface area (Å²) in [5, 5.41) is 11.5. The number of fused-ring (bicyclic) bond motifs is 1. The number of methoxy groups -OCH3 is 1. The lowest BCUT2D eigenvalue weighted by Crippen LogP contribution is -2.21. The van der Waals surface area contributed by atoms with Crippen molar-refractivity contribution in [3.8, 4) is 11.1 Å². The molecule has 38 heavy (non-hydrogen) atoms. The third-order valence-electron chi connectivity index (χ3n) is 6.68. The van der Waals surface area contributed by atoms with Crippen molar-refractivity contribution in [2.75, 3.05) is 36.2 Å². The molecule has 0 aliphatic heterocycles. The van der Waals surface area contributed by atoms with Gasteiger partial charge in [-0.15, -0.1) is 0 Å². The average molecular weight is 511 g/mol. The van der Waals surface area contributed by atoms with Crippen LogP contribution in [0.25, 0.3) is 21.9 Å². The number of nitrogens with one attached hydrogen (secondary N) is 3. The van der Waals surface area contributed by atoms with E-state index in [1.807, 2.05) is 49.5 Å². The predicted molar refractivity (Wildman–Crippen MR) is 159 cm³/mol. The summed E-state index contributed by atoms with van der Waals surface area (Å²) in [6.45, 7) is 10.1. The number of nitrogens with zero attached hydrogens (tertiary/aromatic N) is 1. The summed E-state index contributed by atoms with van der Waals surface area (Å²) in [6, 6.07) is 22.2. The first kappa shape index (κ1) is 27.1. The van der Waals surface area contributed by atoms with Gasteiger partial charge in [-0.3, -0.25) is 0 Å². The van der Waals surface area contributed by atoms with Gasteiger partial charge in [0, 0.05) is 43.1 Å². The minimum absolute atomic E-state index is 0.000175. The van der Waals surface area contributed by atoms with Gasteiger partial charge in [0.25, 0.3) is 0 Å². The van der Waals surface area contributed by atoms with Crippen LogP contribution in [0.1, 0.15) is 44.7 Å². The Labute approximate surface area is 225 Å². The molecular weight excluding hydrogens is 472 g/mol. The van der Waals surface area contributed by atoms with Gasteiger partial charge in [-0.25, -0.2) is 9.78 Å². The number of unbranched alkanes of at least 4 members (excludes halogenated alkanes) is 1. The molecule has 0 spiro atoms. The number of amides is 2. The van der Waals surface area contributed by atoms with Gasteiger partial charge < -0.3 is 20.7 Å². The highest BCUT2D eigenvalue weighted by Crippen LogP contribution is 2.34. The first-order chi connectivity index (χ1) is 18.3. The largest absolute Gasteiger partial charge is 0.385 e. The molecule has 0 bridgehead atoms. The van der Waals surface area contributed by atoms with E-state index >= 15 is 0 Å². The first-order valence-corrected chi connectivity index (χ1v) is 13.2. The molecule has 0 atom stereocenters. The maximum absolute atomic E-state index is 13.0. The topological polar surface area (TPSA) is 75.3 Å². The average Bonchev–Trinajstić information content (AvgIpc) is 2.90. The van der Waals surface area contributed by atoms with E-state index in [9.17, 15) is 4.79 Å². The number of carbonyl (C=O) groups excluding carboxylic acids is 1. The number of anilines is 3. The van der Waals surface area contributed by atoms with E-state index in [1.54, 1.807) is 7.11 Å². The number of hydrogen-bond acceptors (Lipinski definition) is 4. The fourth-order valence-corrected chi connectivity index (χ4v) is 4.40. The highest BCUT2D eigenvalue weighted by molar-refractivity contribution is 6.09. The van der Waals surface area contributed by atoms with Crippen molar-refractivity contribution in [3.05, 3.63) is 84.1 Å².